The smallest absolute Gasteiger partial charge is 0.232 e. The Labute approximate surface area is 159 Å². The summed E-state index contributed by atoms with van der Waals surface area (Å²) >= 11 is 1.43. The Bertz CT molecular complexity index is 1140. The highest BCUT2D eigenvalue weighted by molar-refractivity contribution is 7.15. The molecule has 2 aromatic carbocycles. The van der Waals surface area contributed by atoms with Gasteiger partial charge in [0.2, 0.25) is 5.91 Å². The van der Waals surface area contributed by atoms with Gasteiger partial charge in [-0.25, -0.2) is 4.98 Å². The number of rotatable bonds is 5. The van der Waals surface area contributed by atoms with E-state index in [9.17, 15) is 4.79 Å². The van der Waals surface area contributed by atoms with E-state index >= 15 is 0 Å². The SMILES string of the molecule is N#Cc1ccc(Cc2cnc(NC(=O)Cc3noc4ccccc34)s2)cc1. The van der Waals surface area contributed by atoms with Gasteiger partial charge in [-0.1, -0.05) is 29.4 Å². The molecule has 4 aromatic rings. The van der Waals surface area contributed by atoms with Crippen molar-refractivity contribution in [3.63, 3.8) is 0 Å². The number of para-hydroxylation sites is 1. The topological polar surface area (TPSA) is 91.8 Å². The molecular formula is C20H14N4O2S. The number of nitrogens with zero attached hydrogens (tertiary/aromatic N) is 3. The van der Waals surface area contributed by atoms with Gasteiger partial charge in [-0.15, -0.1) is 11.3 Å². The monoisotopic (exact) mass is 374 g/mol. The average molecular weight is 374 g/mol. The molecule has 0 atom stereocenters. The van der Waals surface area contributed by atoms with Crippen LogP contribution in [0.1, 0.15) is 21.7 Å². The third-order valence-corrected chi connectivity index (χ3v) is 4.95. The lowest BCUT2D eigenvalue weighted by Crippen LogP contribution is -2.14. The summed E-state index contributed by atoms with van der Waals surface area (Å²) in [5, 5.41) is 17.0. The summed E-state index contributed by atoms with van der Waals surface area (Å²) in [5.41, 5.74) is 3.00. The van der Waals surface area contributed by atoms with E-state index < -0.39 is 0 Å². The van der Waals surface area contributed by atoms with Crippen molar-refractivity contribution in [1.82, 2.24) is 10.1 Å². The maximum atomic E-state index is 12.3. The van der Waals surface area contributed by atoms with Crippen molar-refractivity contribution in [3.05, 3.63) is 76.4 Å². The van der Waals surface area contributed by atoms with Gasteiger partial charge in [0, 0.05) is 22.9 Å². The Kier molecular flexibility index (Phi) is 4.64. The van der Waals surface area contributed by atoms with E-state index in [-0.39, 0.29) is 12.3 Å². The van der Waals surface area contributed by atoms with E-state index in [1.807, 2.05) is 36.4 Å². The van der Waals surface area contributed by atoms with Gasteiger partial charge >= 0.3 is 0 Å². The molecule has 0 fully saturated rings. The van der Waals surface area contributed by atoms with E-state index in [0.29, 0.717) is 28.4 Å². The molecule has 1 amide bonds. The lowest BCUT2D eigenvalue weighted by molar-refractivity contribution is -0.115. The number of nitrogens with one attached hydrogen (secondary N) is 1. The first-order valence-electron chi connectivity index (χ1n) is 8.28. The van der Waals surface area contributed by atoms with Gasteiger partial charge < -0.3 is 9.84 Å². The third-order valence-electron chi connectivity index (χ3n) is 4.04. The molecule has 1 N–H and O–H groups in total. The highest BCUT2D eigenvalue weighted by atomic mass is 32.1. The summed E-state index contributed by atoms with van der Waals surface area (Å²) in [6, 6.07) is 17.0. The predicted molar refractivity (Wildman–Crippen MR) is 102 cm³/mol. The van der Waals surface area contributed by atoms with E-state index in [2.05, 4.69) is 21.5 Å². The van der Waals surface area contributed by atoms with Crippen LogP contribution in [-0.4, -0.2) is 16.0 Å². The molecule has 0 bridgehead atoms. The fraction of sp³-hybridized carbons (Fsp3) is 0.100. The van der Waals surface area contributed by atoms with Crippen LogP contribution in [0.2, 0.25) is 0 Å². The number of benzene rings is 2. The second-order valence-corrected chi connectivity index (χ2v) is 7.08. The van der Waals surface area contributed by atoms with Gasteiger partial charge in [0.15, 0.2) is 10.7 Å². The maximum Gasteiger partial charge on any atom is 0.232 e. The van der Waals surface area contributed by atoms with Crippen molar-refractivity contribution < 1.29 is 9.32 Å². The highest BCUT2D eigenvalue weighted by Crippen LogP contribution is 2.22. The molecule has 0 spiro atoms. The van der Waals surface area contributed by atoms with Crippen LogP contribution in [-0.2, 0) is 17.6 Å². The average Bonchev–Trinajstić information content (AvgIpc) is 3.29. The van der Waals surface area contributed by atoms with Crippen LogP contribution in [0.4, 0.5) is 5.13 Å². The predicted octanol–water partition coefficient (Wildman–Crippen LogP) is 3.93. The number of amides is 1. The Morgan fingerprint density at radius 1 is 1.19 bits per heavy atom. The van der Waals surface area contributed by atoms with Crippen molar-refractivity contribution in [2.24, 2.45) is 0 Å². The molecule has 0 saturated carbocycles. The van der Waals surface area contributed by atoms with Crippen molar-refractivity contribution in [1.29, 1.82) is 5.26 Å². The molecule has 7 heteroatoms. The second kappa shape index (κ2) is 7.40. The first-order valence-corrected chi connectivity index (χ1v) is 9.10. The molecule has 6 nitrogen and oxygen atoms in total. The number of thiazole rings is 1. The molecule has 0 saturated heterocycles. The largest absolute Gasteiger partial charge is 0.356 e. The number of hydrogen-bond acceptors (Lipinski definition) is 6. The zero-order chi connectivity index (χ0) is 18.6. The van der Waals surface area contributed by atoms with Crippen molar-refractivity contribution in [2.45, 2.75) is 12.8 Å². The Hall–Kier alpha value is -3.50. The van der Waals surface area contributed by atoms with Crippen molar-refractivity contribution in [3.8, 4) is 6.07 Å². The third kappa shape index (κ3) is 3.86. The quantitative estimate of drug-likeness (QED) is 0.571. The fourth-order valence-corrected chi connectivity index (χ4v) is 3.59. The van der Waals surface area contributed by atoms with Gasteiger partial charge in [0.05, 0.1) is 18.1 Å². The lowest BCUT2D eigenvalue weighted by Gasteiger charge is -2.00. The molecule has 0 aliphatic heterocycles. The van der Waals surface area contributed by atoms with E-state index in [1.54, 1.807) is 18.3 Å². The molecular weight excluding hydrogens is 360 g/mol. The zero-order valence-electron chi connectivity index (χ0n) is 14.2. The number of anilines is 1. The molecule has 132 valence electrons. The molecule has 0 aliphatic carbocycles. The van der Waals surface area contributed by atoms with Gasteiger partial charge in [0.1, 0.15) is 5.69 Å². The van der Waals surface area contributed by atoms with Gasteiger partial charge in [-0.2, -0.15) is 5.26 Å². The lowest BCUT2D eigenvalue weighted by atomic mass is 10.1. The zero-order valence-corrected chi connectivity index (χ0v) is 15.0. The number of fused-ring (bicyclic) bond motifs is 1. The molecule has 0 aliphatic rings. The summed E-state index contributed by atoms with van der Waals surface area (Å²) < 4.78 is 5.22. The van der Waals surface area contributed by atoms with Crippen molar-refractivity contribution >= 4 is 33.3 Å². The molecule has 0 unspecified atom stereocenters. The minimum Gasteiger partial charge on any atom is -0.356 e. The van der Waals surface area contributed by atoms with E-state index in [1.165, 1.54) is 11.3 Å². The van der Waals surface area contributed by atoms with Gasteiger partial charge in [0.25, 0.3) is 0 Å². The number of hydrogen-bond donors (Lipinski definition) is 1. The van der Waals surface area contributed by atoms with Gasteiger partial charge in [-0.3, -0.25) is 4.79 Å². The standard InChI is InChI=1S/C20H14N4O2S/c21-11-14-7-5-13(6-8-14)9-15-12-22-20(27-15)23-19(25)10-17-16-3-1-2-4-18(16)26-24-17/h1-8,12H,9-10H2,(H,22,23,25). The Morgan fingerprint density at radius 3 is 2.81 bits per heavy atom. The number of carbonyl (C=O) groups is 1. The number of aromatic nitrogens is 2. The first-order chi connectivity index (χ1) is 13.2. The Morgan fingerprint density at radius 2 is 2.00 bits per heavy atom. The summed E-state index contributed by atoms with van der Waals surface area (Å²) in [4.78, 5) is 17.6. The molecule has 2 heterocycles. The Balaban J connectivity index is 1.39. The summed E-state index contributed by atoms with van der Waals surface area (Å²) in [6.07, 6.45) is 2.58. The number of carbonyl (C=O) groups excluding carboxylic acids is 1. The maximum absolute atomic E-state index is 12.3. The minimum atomic E-state index is -0.187. The molecule has 27 heavy (non-hydrogen) atoms. The van der Waals surface area contributed by atoms with E-state index in [0.717, 1.165) is 15.8 Å². The molecule has 0 radical (unpaired) electrons. The fourth-order valence-electron chi connectivity index (χ4n) is 2.73. The van der Waals surface area contributed by atoms with Crippen molar-refractivity contribution in [2.75, 3.05) is 5.32 Å². The van der Waals surface area contributed by atoms with Crippen LogP contribution in [0.3, 0.4) is 0 Å². The molecule has 4 rings (SSSR count). The summed E-state index contributed by atoms with van der Waals surface area (Å²) in [7, 11) is 0. The van der Waals surface area contributed by atoms with Gasteiger partial charge in [-0.05, 0) is 29.8 Å². The van der Waals surface area contributed by atoms with Crippen LogP contribution in [0.25, 0.3) is 11.0 Å². The van der Waals surface area contributed by atoms with Crippen LogP contribution >= 0.6 is 11.3 Å². The normalized spacial score (nSPS) is 10.6. The highest BCUT2D eigenvalue weighted by Gasteiger charge is 2.13. The summed E-state index contributed by atoms with van der Waals surface area (Å²) in [6.45, 7) is 0. The van der Waals surface area contributed by atoms with Crippen LogP contribution in [0, 0.1) is 11.3 Å². The van der Waals surface area contributed by atoms with Crippen LogP contribution in [0.5, 0.6) is 0 Å². The number of nitriles is 1. The first kappa shape index (κ1) is 16.9. The second-order valence-electron chi connectivity index (χ2n) is 5.97. The van der Waals surface area contributed by atoms with E-state index in [4.69, 9.17) is 9.78 Å². The van der Waals surface area contributed by atoms with Crippen LogP contribution in [0.15, 0.2) is 59.3 Å². The summed E-state index contributed by atoms with van der Waals surface area (Å²) in [5.74, 6) is -0.187. The molecule has 2 aromatic heterocycles. The van der Waals surface area contributed by atoms with Crippen LogP contribution < -0.4 is 5.32 Å². The minimum absolute atomic E-state index is 0.127.